The fraction of sp³-hybridized carbons (Fsp3) is 0.345. The summed E-state index contributed by atoms with van der Waals surface area (Å²) in [4.78, 5) is 38.2. The van der Waals surface area contributed by atoms with Crippen molar-refractivity contribution in [2.75, 3.05) is 29.2 Å². The zero-order valence-electron chi connectivity index (χ0n) is 25.2. The van der Waals surface area contributed by atoms with Gasteiger partial charge in [-0.3, -0.25) is 9.48 Å². The van der Waals surface area contributed by atoms with Gasteiger partial charge in [0.1, 0.15) is 18.8 Å². The predicted octanol–water partition coefficient (Wildman–Crippen LogP) is -0.451. The van der Waals surface area contributed by atoms with Crippen LogP contribution in [0, 0.1) is 0 Å². The summed E-state index contributed by atoms with van der Waals surface area (Å²) in [6, 6.07) is 7.06. The van der Waals surface area contributed by atoms with Crippen molar-refractivity contribution < 1.29 is 30.0 Å². The third kappa shape index (κ3) is 6.89. The number of aromatic nitrogens is 8. The summed E-state index contributed by atoms with van der Waals surface area (Å²) in [5, 5.41) is 60.6. The molecule has 1 aliphatic carbocycles. The Morgan fingerprint density at radius 2 is 1.74 bits per heavy atom. The first-order valence-corrected chi connectivity index (χ1v) is 14.8. The van der Waals surface area contributed by atoms with Crippen LogP contribution in [0.2, 0.25) is 0 Å². The highest BCUT2D eigenvalue weighted by atomic mass is 16.3. The molecular formula is C29H34N12O6. The molecule has 0 radical (unpaired) electrons. The number of aliphatic hydroxyl groups excluding tert-OH is 4. The third-order valence-electron chi connectivity index (χ3n) is 7.80. The normalized spacial score (nSPS) is 19.9. The molecule has 4 heterocycles. The lowest BCUT2D eigenvalue weighted by Gasteiger charge is -2.20. The standard InChI is InChI=1S/C29H34N12O6/c1-39-11-18(9-31-39)34-29(47)35-19-10-32-41(12-19)28-37-26(33-17(13-42)7-16-5-3-2-4-6-16)23-27(38-28)40(15-30-23)21-8-20(24(45)25(21)46)36-22(44)14-43/h2-6,9-12,15,17,20-21,24-25,42-43,45-46H,7-8,13-14H2,1H3,(H,36,44)(H,33,37,38)(H2,34,35,47)/t17-,20-,21+,24+,25-/m0/s1. The summed E-state index contributed by atoms with van der Waals surface area (Å²) in [5.41, 5.74) is 2.43. The molecule has 5 aromatic rings. The smallest absolute Gasteiger partial charge is 0.323 e. The van der Waals surface area contributed by atoms with E-state index >= 15 is 0 Å². The lowest BCUT2D eigenvalue weighted by Crippen LogP contribution is -2.44. The number of carbonyl (C=O) groups excluding carboxylic acids is 2. The van der Waals surface area contributed by atoms with Crippen molar-refractivity contribution in [1.29, 1.82) is 0 Å². The largest absolute Gasteiger partial charge is 0.394 e. The Labute approximate surface area is 267 Å². The minimum Gasteiger partial charge on any atom is -0.394 e. The van der Waals surface area contributed by atoms with Gasteiger partial charge in [0.15, 0.2) is 17.0 Å². The molecule has 1 fully saturated rings. The lowest BCUT2D eigenvalue weighted by molar-refractivity contribution is -0.125. The first-order valence-electron chi connectivity index (χ1n) is 14.8. The topological polar surface area (TPSA) is 242 Å². The van der Waals surface area contributed by atoms with Crippen molar-refractivity contribution in [3.05, 3.63) is 67.0 Å². The van der Waals surface area contributed by atoms with E-state index in [2.05, 4.69) is 46.4 Å². The number of rotatable bonds is 11. The number of aryl methyl sites for hydroxylation is 1. The maximum atomic E-state index is 12.5. The number of fused-ring (bicyclic) bond motifs is 1. The van der Waals surface area contributed by atoms with Crippen molar-refractivity contribution in [3.8, 4) is 5.95 Å². The zero-order valence-corrected chi connectivity index (χ0v) is 25.2. The van der Waals surface area contributed by atoms with Crippen LogP contribution in [0.15, 0.2) is 61.4 Å². The summed E-state index contributed by atoms with van der Waals surface area (Å²) in [7, 11) is 1.73. The molecule has 4 aromatic heterocycles. The van der Waals surface area contributed by atoms with E-state index in [0.717, 1.165) is 5.56 Å². The van der Waals surface area contributed by atoms with E-state index in [1.54, 1.807) is 22.5 Å². The van der Waals surface area contributed by atoms with Gasteiger partial charge >= 0.3 is 6.03 Å². The maximum absolute atomic E-state index is 12.5. The minimum atomic E-state index is -1.31. The van der Waals surface area contributed by atoms with Gasteiger partial charge < -0.3 is 46.3 Å². The van der Waals surface area contributed by atoms with E-state index in [4.69, 9.17) is 5.11 Å². The Kier molecular flexibility index (Phi) is 9.07. The second-order valence-electron chi connectivity index (χ2n) is 11.2. The Bertz CT molecular complexity index is 1860. The SMILES string of the molecule is Cn1cc(NC(=O)Nc2cnn(-c3nc(N[C@H](CO)Cc4ccccc4)c4ncn([C@@H]5C[C@H](NC(=O)CO)[C@@H](O)[C@H]5O)c4n3)c2)cn1. The van der Waals surface area contributed by atoms with Crippen LogP contribution in [0.1, 0.15) is 18.0 Å². The highest BCUT2D eigenvalue weighted by molar-refractivity contribution is 5.99. The van der Waals surface area contributed by atoms with Crippen LogP contribution in [0.25, 0.3) is 17.1 Å². The Morgan fingerprint density at radius 3 is 2.45 bits per heavy atom. The zero-order chi connectivity index (χ0) is 33.1. The van der Waals surface area contributed by atoms with Crippen LogP contribution in [0.3, 0.4) is 0 Å². The third-order valence-corrected chi connectivity index (χ3v) is 7.80. The van der Waals surface area contributed by atoms with Crippen LogP contribution < -0.4 is 21.3 Å². The summed E-state index contributed by atoms with van der Waals surface area (Å²) >= 11 is 0. The first-order chi connectivity index (χ1) is 22.7. The second kappa shape index (κ2) is 13.5. The fourth-order valence-electron chi connectivity index (χ4n) is 5.56. The van der Waals surface area contributed by atoms with Crippen LogP contribution in [0.4, 0.5) is 22.0 Å². The lowest BCUT2D eigenvalue weighted by atomic mass is 10.1. The van der Waals surface area contributed by atoms with Gasteiger partial charge in [-0.05, 0) is 18.4 Å². The summed E-state index contributed by atoms with van der Waals surface area (Å²) in [6.45, 7) is -0.984. The number of aliphatic hydroxyl groups is 4. The van der Waals surface area contributed by atoms with Crippen LogP contribution in [-0.4, -0.2) is 109 Å². The number of nitrogens with zero attached hydrogens (tertiary/aromatic N) is 8. The first kappa shape index (κ1) is 31.5. The molecule has 1 aromatic carbocycles. The number of urea groups is 1. The molecule has 3 amide bonds. The van der Waals surface area contributed by atoms with Crippen molar-refractivity contribution in [1.82, 2.24) is 44.4 Å². The minimum absolute atomic E-state index is 0.0806. The highest BCUT2D eigenvalue weighted by Crippen LogP contribution is 2.34. The molecule has 246 valence electrons. The van der Waals surface area contributed by atoms with E-state index in [9.17, 15) is 24.9 Å². The van der Waals surface area contributed by atoms with Gasteiger partial charge in [-0.1, -0.05) is 30.3 Å². The number of imidazole rings is 1. The van der Waals surface area contributed by atoms with Gasteiger partial charge in [-0.2, -0.15) is 20.2 Å². The number of benzene rings is 1. The number of amides is 3. The number of hydrogen-bond donors (Lipinski definition) is 8. The number of nitrogens with one attached hydrogen (secondary N) is 4. The molecule has 1 aliphatic rings. The van der Waals surface area contributed by atoms with Gasteiger partial charge in [0.2, 0.25) is 5.91 Å². The van der Waals surface area contributed by atoms with Gasteiger partial charge in [0, 0.05) is 13.2 Å². The van der Waals surface area contributed by atoms with Gasteiger partial charge in [0.05, 0.1) is 61.0 Å². The van der Waals surface area contributed by atoms with Crippen molar-refractivity contribution >= 4 is 40.3 Å². The highest BCUT2D eigenvalue weighted by Gasteiger charge is 2.44. The Balaban J connectivity index is 1.33. The van der Waals surface area contributed by atoms with E-state index in [-0.39, 0.29) is 30.4 Å². The van der Waals surface area contributed by atoms with E-state index in [0.29, 0.717) is 23.3 Å². The average molecular weight is 647 g/mol. The Hall–Kier alpha value is -5.43. The van der Waals surface area contributed by atoms with Crippen molar-refractivity contribution in [2.45, 2.75) is 43.2 Å². The molecule has 1 saturated carbocycles. The number of anilines is 3. The molecule has 0 aliphatic heterocycles. The maximum Gasteiger partial charge on any atom is 0.323 e. The number of carbonyl (C=O) groups is 2. The molecule has 5 atom stereocenters. The van der Waals surface area contributed by atoms with E-state index in [1.165, 1.54) is 29.6 Å². The molecule has 0 unspecified atom stereocenters. The number of hydrogen-bond acceptors (Lipinski definition) is 12. The molecule has 0 saturated heterocycles. The quantitative estimate of drug-likeness (QED) is 0.0910. The van der Waals surface area contributed by atoms with Crippen LogP contribution in [0.5, 0.6) is 0 Å². The van der Waals surface area contributed by atoms with Crippen LogP contribution in [-0.2, 0) is 18.3 Å². The molecule has 0 spiro atoms. The molecule has 18 nitrogen and oxygen atoms in total. The van der Waals surface area contributed by atoms with Gasteiger partial charge in [0.25, 0.3) is 5.95 Å². The Morgan fingerprint density at radius 1 is 1.00 bits per heavy atom. The molecule has 0 bridgehead atoms. The van der Waals surface area contributed by atoms with Crippen molar-refractivity contribution in [2.24, 2.45) is 7.05 Å². The molecule has 18 heteroatoms. The summed E-state index contributed by atoms with van der Waals surface area (Å²) < 4.78 is 4.48. The van der Waals surface area contributed by atoms with Crippen molar-refractivity contribution in [3.63, 3.8) is 0 Å². The molecule has 47 heavy (non-hydrogen) atoms. The van der Waals surface area contributed by atoms with Gasteiger partial charge in [-0.25, -0.2) is 14.5 Å². The van der Waals surface area contributed by atoms with E-state index < -0.39 is 48.9 Å². The second-order valence-corrected chi connectivity index (χ2v) is 11.2. The fourth-order valence-corrected chi connectivity index (χ4v) is 5.56. The molecular weight excluding hydrogens is 612 g/mol. The van der Waals surface area contributed by atoms with Gasteiger partial charge in [-0.15, -0.1) is 0 Å². The summed E-state index contributed by atoms with van der Waals surface area (Å²) in [5.74, 6) is -0.326. The summed E-state index contributed by atoms with van der Waals surface area (Å²) in [6.07, 6.45) is 5.51. The molecule has 6 rings (SSSR count). The van der Waals surface area contributed by atoms with Crippen LogP contribution >= 0.6 is 0 Å². The molecule has 8 N–H and O–H groups in total. The predicted molar refractivity (Wildman–Crippen MR) is 168 cm³/mol. The van der Waals surface area contributed by atoms with E-state index in [1.807, 2.05) is 30.3 Å². The monoisotopic (exact) mass is 646 g/mol. The average Bonchev–Trinajstić information content (AvgIpc) is 3.86.